The maximum absolute atomic E-state index is 12.5. The number of ether oxygens (including phenoxy) is 4. The molecule has 0 radical (unpaired) electrons. The highest BCUT2D eigenvalue weighted by Crippen LogP contribution is 2.41. The van der Waals surface area contributed by atoms with Crippen LogP contribution in [0.25, 0.3) is 28.2 Å². The highest BCUT2D eigenvalue weighted by atomic mass is 16.5. The van der Waals surface area contributed by atoms with E-state index < -0.39 is 5.97 Å². The van der Waals surface area contributed by atoms with E-state index >= 15 is 0 Å². The summed E-state index contributed by atoms with van der Waals surface area (Å²) in [4.78, 5) is 17.0. The Labute approximate surface area is 185 Å². The van der Waals surface area contributed by atoms with Crippen LogP contribution in [0.2, 0.25) is 0 Å². The summed E-state index contributed by atoms with van der Waals surface area (Å²) in [6.07, 6.45) is 0. The maximum atomic E-state index is 12.5. The summed E-state index contributed by atoms with van der Waals surface area (Å²) in [5, 5.41) is 4.75. The smallest absolute Gasteiger partial charge is 0.357 e. The van der Waals surface area contributed by atoms with E-state index in [1.165, 1.54) is 0 Å². The average Bonchev–Trinajstić information content (AvgIpc) is 3.27. The van der Waals surface area contributed by atoms with E-state index in [2.05, 4.69) is 4.98 Å². The van der Waals surface area contributed by atoms with Gasteiger partial charge in [-0.15, -0.1) is 0 Å². The van der Waals surface area contributed by atoms with Crippen LogP contribution in [0.1, 0.15) is 17.4 Å². The van der Waals surface area contributed by atoms with Crippen LogP contribution >= 0.6 is 0 Å². The zero-order valence-corrected chi connectivity index (χ0v) is 18.3. The highest BCUT2D eigenvalue weighted by molar-refractivity contribution is 5.90. The Hall–Kier alpha value is -4.07. The standard InChI is InChI=1S/C24H23N3O5/c1-5-32-24(28)18-13-19(16-11-20(29-2)23(31-4)21(12-16)30-3)27-22(25-18)14-17(26-27)15-9-7-6-8-10-15/h6-14H,5H2,1-4H3. The lowest BCUT2D eigenvalue weighted by molar-refractivity contribution is 0.0519. The van der Waals surface area contributed by atoms with Crippen molar-refractivity contribution in [3.8, 4) is 39.8 Å². The molecular formula is C24H23N3O5. The van der Waals surface area contributed by atoms with Crippen molar-refractivity contribution in [3.05, 3.63) is 60.3 Å². The minimum absolute atomic E-state index is 0.183. The maximum Gasteiger partial charge on any atom is 0.357 e. The number of benzene rings is 2. The first-order valence-corrected chi connectivity index (χ1v) is 10.0. The van der Waals surface area contributed by atoms with Gasteiger partial charge in [-0.25, -0.2) is 14.3 Å². The van der Waals surface area contributed by atoms with E-state index in [0.717, 1.165) is 11.3 Å². The Balaban J connectivity index is 1.98. The molecule has 0 saturated carbocycles. The van der Waals surface area contributed by atoms with Gasteiger partial charge < -0.3 is 18.9 Å². The number of esters is 1. The van der Waals surface area contributed by atoms with Gasteiger partial charge in [0.1, 0.15) is 0 Å². The lowest BCUT2D eigenvalue weighted by Crippen LogP contribution is -2.10. The van der Waals surface area contributed by atoms with E-state index in [4.69, 9.17) is 24.0 Å². The molecule has 4 aromatic rings. The van der Waals surface area contributed by atoms with E-state index in [9.17, 15) is 4.79 Å². The largest absolute Gasteiger partial charge is 0.493 e. The lowest BCUT2D eigenvalue weighted by Gasteiger charge is -2.15. The van der Waals surface area contributed by atoms with Crippen LogP contribution in [0, 0.1) is 0 Å². The number of carbonyl (C=O) groups excluding carboxylic acids is 1. The quantitative estimate of drug-likeness (QED) is 0.403. The third-order valence-corrected chi connectivity index (χ3v) is 4.94. The molecule has 0 spiro atoms. The summed E-state index contributed by atoms with van der Waals surface area (Å²) in [5.41, 5.74) is 3.69. The fraction of sp³-hybridized carbons (Fsp3) is 0.208. The summed E-state index contributed by atoms with van der Waals surface area (Å²) >= 11 is 0. The molecule has 0 unspecified atom stereocenters. The van der Waals surface area contributed by atoms with Crippen LogP contribution in [0.5, 0.6) is 17.2 Å². The number of carbonyl (C=O) groups is 1. The molecule has 0 aliphatic rings. The molecule has 0 aliphatic carbocycles. The lowest BCUT2D eigenvalue weighted by atomic mass is 10.1. The van der Waals surface area contributed by atoms with Gasteiger partial charge in [-0.2, -0.15) is 5.10 Å². The zero-order valence-electron chi connectivity index (χ0n) is 18.3. The number of rotatable bonds is 7. The number of fused-ring (bicyclic) bond motifs is 1. The first-order valence-electron chi connectivity index (χ1n) is 10.0. The molecule has 0 fully saturated rings. The van der Waals surface area contributed by atoms with Gasteiger partial charge >= 0.3 is 5.97 Å². The molecule has 0 bridgehead atoms. The van der Waals surface area contributed by atoms with E-state index in [0.29, 0.717) is 34.2 Å². The molecule has 8 nitrogen and oxygen atoms in total. The Morgan fingerprint density at radius 3 is 2.19 bits per heavy atom. The number of aromatic nitrogens is 3. The second-order valence-electron chi connectivity index (χ2n) is 6.83. The minimum atomic E-state index is -0.508. The third kappa shape index (κ3) is 3.82. The molecule has 4 rings (SSSR count). The summed E-state index contributed by atoms with van der Waals surface area (Å²) in [6, 6.07) is 16.8. The summed E-state index contributed by atoms with van der Waals surface area (Å²) in [7, 11) is 4.65. The molecule has 8 heteroatoms. The summed E-state index contributed by atoms with van der Waals surface area (Å²) in [5.74, 6) is 0.936. The molecule has 0 saturated heterocycles. The number of nitrogens with zero attached hydrogens (tertiary/aromatic N) is 3. The Kier molecular flexibility index (Phi) is 5.93. The van der Waals surface area contributed by atoms with Gasteiger partial charge in [0, 0.05) is 17.2 Å². The molecule has 0 N–H and O–H groups in total. The Bertz CT molecular complexity index is 1240. The van der Waals surface area contributed by atoms with Crippen LogP contribution < -0.4 is 14.2 Å². The van der Waals surface area contributed by atoms with Gasteiger partial charge in [-0.05, 0) is 25.1 Å². The van der Waals surface area contributed by atoms with Crippen molar-refractivity contribution < 1.29 is 23.7 Å². The van der Waals surface area contributed by atoms with E-state index in [1.807, 2.05) is 36.4 Å². The summed E-state index contributed by atoms with van der Waals surface area (Å²) < 4.78 is 23.3. The highest BCUT2D eigenvalue weighted by Gasteiger charge is 2.20. The molecule has 0 atom stereocenters. The fourth-order valence-corrected chi connectivity index (χ4v) is 3.47. The van der Waals surface area contributed by atoms with Crippen molar-refractivity contribution in [2.45, 2.75) is 6.92 Å². The summed E-state index contributed by atoms with van der Waals surface area (Å²) in [6.45, 7) is 2.00. The monoisotopic (exact) mass is 433 g/mol. The Morgan fingerprint density at radius 2 is 1.59 bits per heavy atom. The van der Waals surface area contributed by atoms with E-state index in [1.54, 1.807) is 51.0 Å². The minimum Gasteiger partial charge on any atom is -0.493 e. The van der Waals surface area contributed by atoms with Crippen LogP contribution in [0.3, 0.4) is 0 Å². The van der Waals surface area contributed by atoms with Crippen LogP contribution in [-0.4, -0.2) is 48.5 Å². The van der Waals surface area contributed by atoms with Gasteiger partial charge in [-0.1, -0.05) is 30.3 Å². The topological polar surface area (TPSA) is 84.2 Å². The van der Waals surface area contributed by atoms with Crippen LogP contribution in [0.4, 0.5) is 0 Å². The van der Waals surface area contributed by atoms with Gasteiger partial charge in [-0.3, -0.25) is 0 Å². The van der Waals surface area contributed by atoms with Gasteiger partial charge in [0.2, 0.25) is 5.75 Å². The van der Waals surface area contributed by atoms with Crippen molar-refractivity contribution >= 4 is 11.6 Å². The zero-order chi connectivity index (χ0) is 22.7. The van der Waals surface area contributed by atoms with Crippen LogP contribution in [-0.2, 0) is 4.74 Å². The first-order chi connectivity index (χ1) is 15.6. The second-order valence-corrected chi connectivity index (χ2v) is 6.83. The predicted molar refractivity (Wildman–Crippen MR) is 119 cm³/mol. The molecule has 0 aliphatic heterocycles. The third-order valence-electron chi connectivity index (χ3n) is 4.94. The van der Waals surface area contributed by atoms with Gasteiger partial charge in [0.15, 0.2) is 22.8 Å². The van der Waals surface area contributed by atoms with E-state index in [-0.39, 0.29) is 12.3 Å². The average molecular weight is 433 g/mol. The number of hydrogen-bond donors (Lipinski definition) is 0. The number of hydrogen-bond acceptors (Lipinski definition) is 7. The molecule has 2 aromatic heterocycles. The van der Waals surface area contributed by atoms with Crippen LogP contribution in [0.15, 0.2) is 54.6 Å². The number of methoxy groups -OCH3 is 3. The molecular weight excluding hydrogens is 410 g/mol. The predicted octanol–water partition coefficient (Wildman–Crippen LogP) is 4.27. The normalized spacial score (nSPS) is 10.8. The van der Waals surface area contributed by atoms with Crippen molar-refractivity contribution in [3.63, 3.8) is 0 Å². The van der Waals surface area contributed by atoms with Crippen molar-refractivity contribution in [2.75, 3.05) is 27.9 Å². The van der Waals surface area contributed by atoms with Gasteiger partial charge in [0.25, 0.3) is 0 Å². The fourth-order valence-electron chi connectivity index (χ4n) is 3.47. The first kappa shape index (κ1) is 21.2. The SMILES string of the molecule is CCOC(=O)c1cc(-c2cc(OC)c(OC)c(OC)c2)n2nc(-c3ccccc3)cc2n1. The van der Waals surface area contributed by atoms with Crippen molar-refractivity contribution in [2.24, 2.45) is 0 Å². The molecule has 32 heavy (non-hydrogen) atoms. The van der Waals surface area contributed by atoms with Crippen molar-refractivity contribution in [1.82, 2.24) is 14.6 Å². The molecule has 164 valence electrons. The van der Waals surface area contributed by atoms with Crippen molar-refractivity contribution in [1.29, 1.82) is 0 Å². The molecule has 2 aromatic carbocycles. The van der Waals surface area contributed by atoms with Gasteiger partial charge in [0.05, 0.1) is 39.3 Å². The molecule has 0 amide bonds. The second kappa shape index (κ2) is 8.97. The molecule has 2 heterocycles. The Morgan fingerprint density at radius 1 is 0.906 bits per heavy atom.